The van der Waals surface area contributed by atoms with E-state index in [4.69, 9.17) is 11.6 Å². The third-order valence-electron chi connectivity index (χ3n) is 5.60. The second-order valence-corrected chi connectivity index (χ2v) is 7.96. The fourth-order valence-corrected chi connectivity index (χ4v) is 4.35. The lowest BCUT2D eigenvalue weighted by Gasteiger charge is -2.20. The lowest BCUT2D eigenvalue weighted by Crippen LogP contribution is -2.15. The smallest absolute Gasteiger partial charge is 0.177 e. The van der Waals surface area contributed by atoms with Gasteiger partial charge in [0.2, 0.25) is 0 Å². The first-order valence-corrected chi connectivity index (χ1v) is 10.2. The summed E-state index contributed by atoms with van der Waals surface area (Å²) in [7, 11) is 0. The van der Waals surface area contributed by atoms with Gasteiger partial charge in [-0.05, 0) is 54.8 Å². The molecule has 0 aliphatic carbocycles. The van der Waals surface area contributed by atoms with E-state index in [9.17, 15) is 0 Å². The highest BCUT2D eigenvalue weighted by Crippen LogP contribution is 2.38. The molecule has 0 atom stereocenters. The fraction of sp³-hybridized carbons (Fsp3) is 0.130. The van der Waals surface area contributed by atoms with Crippen LogP contribution >= 0.6 is 11.6 Å². The minimum absolute atomic E-state index is 0.728. The number of anilines is 2. The Morgan fingerprint density at radius 2 is 1.93 bits per heavy atom. The lowest BCUT2D eigenvalue weighted by atomic mass is 10.0. The molecular weight excluding hydrogens is 396 g/mol. The Hall–Kier alpha value is -3.51. The van der Waals surface area contributed by atoms with Gasteiger partial charge in [0.15, 0.2) is 5.65 Å². The van der Waals surface area contributed by atoms with Gasteiger partial charge in [0, 0.05) is 34.4 Å². The number of aromatic nitrogens is 5. The molecule has 146 valence electrons. The second-order valence-electron chi connectivity index (χ2n) is 7.52. The summed E-state index contributed by atoms with van der Waals surface area (Å²) in [5.41, 5.74) is 7.05. The van der Waals surface area contributed by atoms with Gasteiger partial charge in [0.25, 0.3) is 0 Å². The maximum absolute atomic E-state index is 6.27. The Morgan fingerprint density at radius 3 is 2.87 bits per heavy atom. The van der Waals surface area contributed by atoms with Crippen LogP contribution in [-0.4, -0.2) is 31.5 Å². The van der Waals surface area contributed by atoms with E-state index >= 15 is 0 Å². The quantitative estimate of drug-likeness (QED) is 0.430. The Labute approximate surface area is 177 Å². The van der Waals surface area contributed by atoms with Crippen LogP contribution in [0, 0.1) is 6.92 Å². The molecule has 0 fully saturated rings. The van der Waals surface area contributed by atoms with Crippen molar-refractivity contribution in [3.8, 4) is 11.1 Å². The molecule has 3 aromatic heterocycles. The SMILES string of the molecule is Cc1nc2ncc(-c3ccc4ncnc(N5CCc6ccc(Cl)cc65)c4c3)cc2[nH]1. The van der Waals surface area contributed by atoms with Crippen LogP contribution in [0.1, 0.15) is 11.4 Å². The molecule has 0 bridgehead atoms. The van der Waals surface area contributed by atoms with Crippen molar-refractivity contribution in [2.24, 2.45) is 0 Å². The van der Waals surface area contributed by atoms with E-state index in [-0.39, 0.29) is 0 Å². The Bertz CT molecular complexity index is 1440. The van der Waals surface area contributed by atoms with E-state index < -0.39 is 0 Å². The van der Waals surface area contributed by atoms with Gasteiger partial charge < -0.3 is 9.88 Å². The van der Waals surface area contributed by atoms with Crippen LogP contribution in [0.5, 0.6) is 0 Å². The number of rotatable bonds is 2. The summed E-state index contributed by atoms with van der Waals surface area (Å²) in [4.78, 5) is 23.5. The molecule has 4 heterocycles. The molecule has 7 heteroatoms. The molecule has 1 aliphatic heterocycles. The van der Waals surface area contributed by atoms with Crippen molar-refractivity contribution >= 4 is 45.2 Å². The molecule has 0 saturated carbocycles. The van der Waals surface area contributed by atoms with Gasteiger partial charge in [-0.2, -0.15) is 0 Å². The highest BCUT2D eigenvalue weighted by Gasteiger charge is 2.23. The van der Waals surface area contributed by atoms with Crippen LogP contribution in [-0.2, 0) is 6.42 Å². The number of imidazole rings is 1. The van der Waals surface area contributed by atoms with Crippen molar-refractivity contribution in [2.45, 2.75) is 13.3 Å². The van der Waals surface area contributed by atoms with E-state index in [2.05, 4.69) is 54.1 Å². The summed E-state index contributed by atoms with van der Waals surface area (Å²) in [6.07, 6.45) is 4.45. The van der Waals surface area contributed by atoms with Gasteiger partial charge in [-0.3, -0.25) is 0 Å². The number of nitrogens with one attached hydrogen (secondary N) is 1. The first-order chi connectivity index (χ1) is 14.7. The van der Waals surface area contributed by atoms with Gasteiger partial charge in [0.05, 0.1) is 11.0 Å². The first-order valence-electron chi connectivity index (χ1n) is 9.79. The highest BCUT2D eigenvalue weighted by molar-refractivity contribution is 6.31. The average Bonchev–Trinajstić information content (AvgIpc) is 3.34. The number of aromatic amines is 1. The zero-order chi connectivity index (χ0) is 20.2. The normalized spacial score (nSPS) is 13.3. The molecule has 6 nitrogen and oxygen atoms in total. The van der Waals surface area contributed by atoms with E-state index in [0.717, 1.165) is 68.5 Å². The maximum atomic E-state index is 6.27. The average molecular weight is 413 g/mol. The number of H-pyrrole nitrogens is 1. The number of pyridine rings is 1. The van der Waals surface area contributed by atoms with Crippen LogP contribution in [0.3, 0.4) is 0 Å². The van der Waals surface area contributed by atoms with Crippen molar-refractivity contribution in [2.75, 3.05) is 11.4 Å². The molecule has 1 aliphatic rings. The van der Waals surface area contributed by atoms with E-state index in [0.29, 0.717) is 0 Å². The highest BCUT2D eigenvalue weighted by atomic mass is 35.5. The Morgan fingerprint density at radius 1 is 1.00 bits per heavy atom. The number of aryl methyl sites for hydroxylation is 1. The molecule has 2 aromatic carbocycles. The zero-order valence-corrected chi connectivity index (χ0v) is 17.0. The predicted molar refractivity (Wildman–Crippen MR) is 119 cm³/mol. The molecule has 0 unspecified atom stereocenters. The molecule has 30 heavy (non-hydrogen) atoms. The van der Waals surface area contributed by atoms with Crippen molar-refractivity contribution in [1.82, 2.24) is 24.9 Å². The number of hydrogen-bond donors (Lipinski definition) is 1. The standard InChI is InChI=1S/C23H17ClN6/c1-13-28-20-9-16(11-25-22(20)29-13)15-3-5-19-18(8-15)23(27-12-26-19)30-7-6-14-2-4-17(24)10-21(14)30/h2-5,8-12H,6-7H2,1H3,(H,25,28,29). The van der Waals surface area contributed by atoms with Gasteiger partial charge in [-0.25, -0.2) is 19.9 Å². The topological polar surface area (TPSA) is 70.6 Å². The minimum atomic E-state index is 0.728. The second kappa shape index (κ2) is 6.50. The first kappa shape index (κ1) is 17.4. The Balaban J connectivity index is 1.51. The van der Waals surface area contributed by atoms with Crippen LogP contribution in [0.15, 0.2) is 55.0 Å². The van der Waals surface area contributed by atoms with Crippen molar-refractivity contribution in [1.29, 1.82) is 0 Å². The van der Waals surface area contributed by atoms with Crippen LogP contribution in [0.2, 0.25) is 5.02 Å². The third-order valence-corrected chi connectivity index (χ3v) is 5.84. The molecule has 5 aromatic rings. The van der Waals surface area contributed by atoms with Crippen LogP contribution in [0.4, 0.5) is 11.5 Å². The molecule has 6 rings (SSSR count). The minimum Gasteiger partial charge on any atom is -0.341 e. The van der Waals surface area contributed by atoms with Crippen LogP contribution in [0.25, 0.3) is 33.2 Å². The van der Waals surface area contributed by atoms with Gasteiger partial charge >= 0.3 is 0 Å². The predicted octanol–water partition coefficient (Wildman–Crippen LogP) is 5.22. The van der Waals surface area contributed by atoms with Crippen molar-refractivity contribution < 1.29 is 0 Å². The Kier molecular flexibility index (Phi) is 3.76. The van der Waals surface area contributed by atoms with E-state index in [1.54, 1.807) is 6.33 Å². The summed E-state index contributed by atoms with van der Waals surface area (Å²) in [6.45, 7) is 2.80. The van der Waals surface area contributed by atoms with Gasteiger partial charge in [0.1, 0.15) is 18.0 Å². The van der Waals surface area contributed by atoms with Gasteiger partial charge in [-0.1, -0.05) is 23.7 Å². The molecule has 0 radical (unpaired) electrons. The monoisotopic (exact) mass is 412 g/mol. The summed E-state index contributed by atoms with van der Waals surface area (Å²) >= 11 is 6.27. The number of nitrogens with zero attached hydrogens (tertiary/aromatic N) is 5. The zero-order valence-electron chi connectivity index (χ0n) is 16.2. The number of benzene rings is 2. The summed E-state index contributed by atoms with van der Waals surface area (Å²) in [6, 6.07) is 14.4. The molecule has 0 saturated heterocycles. The van der Waals surface area contributed by atoms with Gasteiger partial charge in [-0.15, -0.1) is 0 Å². The fourth-order valence-electron chi connectivity index (χ4n) is 4.19. The maximum Gasteiger partial charge on any atom is 0.177 e. The van der Waals surface area contributed by atoms with Crippen molar-refractivity contribution in [3.63, 3.8) is 0 Å². The van der Waals surface area contributed by atoms with E-state index in [1.807, 2.05) is 31.3 Å². The molecule has 1 N–H and O–H groups in total. The lowest BCUT2D eigenvalue weighted by molar-refractivity contribution is 0.975. The summed E-state index contributed by atoms with van der Waals surface area (Å²) < 4.78 is 0. The number of fused-ring (bicyclic) bond motifs is 3. The van der Waals surface area contributed by atoms with Crippen molar-refractivity contribution in [3.05, 3.63) is 71.4 Å². The molecular formula is C23H17ClN6. The van der Waals surface area contributed by atoms with Crippen LogP contribution < -0.4 is 4.90 Å². The largest absolute Gasteiger partial charge is 0.341 e. The van der Waals surface area contributed by atoms with E-state index in [1.165, 1.54) is 5.56 Å². The number of hydrogen-bond acceptors (Lipinski definition) is 5. The third kappa shape index (κ3) is 2.72. The summed E-state index contributed by atoms with van der Waals surface area (Å²) in [5.74, 6) is 1.75. The molecule has 0 amide bonds. The molecule has 0 spiro atoms. The summed E-state index contributed by atoms with van der Waals surface area (Å²) in [5, 5.41) is 1.73. The number of halogens is 1.